The summed E-state index contributed by atoms with van der Waals surface area (Å²) in [5, 5.41) is 2.96. The molecule has 3 N–H and O–H groups in total. The molecule has 0 atom stereocenters. The van der Waals surface area contributed by atoms with Crippen molar-refractivity contribution in [1.82, 2.24) is 0 Å². The van der Waals surface area contributed by atoms with E-state index in [2.05, 4.69) is 27.9 Å². The molecule has 0 spiro atoms. The fraction of sp³-hybridized carbons (Fsp3) is 0.467. The zero-order valence-electron chi connectivity index (χ0n) is 11.9. The standard InChI is InChI=1S/C15H21IN2OS/c1-3-8-15(9-4-2,13(17)20)14(19)18-12-7-5-6-11(16)10-12/h5-7,10H,3-4,8-9H2,1-2H3,(H2,17,20)(H,18,19). The monoisotopic (exact) mass is 404 g/mol. The molecule has 0 aliphatic heterocycles. The third-order valence-corrected chi connectivity index (χ3v) is 4.40. The molecule has 20 heavy (non-hydrogen) atoms. The lowest BCUT2D eigenvalue weighted by Crippen LogP contribution is -2.46. The van der Waals surface area contributed by atoms with Crippen molar-refractivity contribution in [3.8, 4) is 0 Å². The molecule has 0 aliphatic rings. The lowest BCUT2D eigenvalue weighted by Gasteiger charge is -2.31. The third-order valence-electron chi connectivity index (χ3n) is 3.34. The molecule has 0 radical (unpaired) electrons. The first kappa shape index (κ1) is 17.4. The molecule has 0 aliphatic carbocycles. The first-order valence-corrected chi connectivity index (χ1v) is 8.32. The van der Waals surface area contributed by atoms with Crippen LogP contribution >= 0.6 is 34.8 Å². The average molecular weight is 404 g/mol. The Morgan fingerprint density at radius 2 is 1.95 bits per heavy atom. The zero-order valence-corrected chi connectivity index (χ0v) is 14.9. The van der Waals surface area contributed by atoms with Gasteiger partial charge in [-0.3, -0.25) is 4.79 Å². The van der Waals surface area contributed by atoms with Crippen LogP contribution in [0.2, 0.25) is 0 Å². The van der Waals surface area contributed by atoms with Gasteiger partial charge >= 0.3 is 0 Å². The van der Waals surface area contributed by atoms with E-state index in [4.69, 9.17) is 18.0 Å². The second-order valence-electron chi connectivity index (χ2n) is 4.91. The second kappa shape index (κ2) is 7.93. The lowest BCUT2D eigenvalue weighted by molar-refractivity contribution is -0.122. The van der Waals surface area contributed by atoms with Crippen LogP contribution in [0.4, 0.5) is 5.69 Å². The number of benzene rings is 1. The van der Waals surface area contributed by atoms with Gasteiger partial charge in [0.1, 0.15) is 0 Å². The van der Waals surface area contributed by atoms with Crippen LogP contribution in [0.25, 0.3) is 0 Å². The van der Waals surface area contributed by atoms with Gasteiger partial charge in [-0.2, -0.15) is 0 Å². The molecule has 0 saturated carbocycles. The minimum absolute atomic E-state index is 0.0873. The largest absolute Gasteiger partial charge is 0.392 e. The summed E-state index contributed by atoms with van der Waals surface area (Å²) in [4.78, 5) is 13.0. The number of nitrogens with two attached hydrogens (primary N) is 1. The zero-order chi connectivity index (χ0) is 15.2. The first-order chi connectivity index (χ1) is 9.46. The summed E-state index contributed by atoms with van der Waals surface area (Å²) < 4.78 is 1.08. The van der Waals surface area contributed by atoms with E-state index in [1.807, 2.05) is 38.1 Å². The van der Waals surface area contributed by atoms with Gasteiger partial charge in [0.05, 0.1) is 10.4 Å². The highest BCUT2D eigenvalue weighted by atomic mass is 127. The number of hydrogen-bond donors (Lipinski definition) is 2. The Labute approximate surface area is 139 Å². The molecular formula is C15H21IN2OS. The topological polar surface area (TPSA) is 55.1 Å². The highest BCUT2D eigenvalue weighted by Gasteiger charge is 2.39. The molecule has 0 bridgehead atoms. The van der Waals surface area contributed by atoms with Gasteiger partial charge in [-0.25, -0.2) is 0 Å². The Morgan fingerprint density at radius 3 is 2.40 bits per heavy atom. The number of nitrogens with one attached hydrogen (secondary N) is 1. The molecule has 1 amide bonds. The third kappa shape index (κ3) is 4.15. The summed E-state index contributed by atoms with van der Waals surface area (Å²) in [6.07, 6.45) is 3.12. The normalized spacial score (nSPS) is 11.2. The van der Waals surface area contributed by atoms with Crippen molar-refractivity contribution in [3.63, 3.8) is 0 Å². The van der Waals surface area contributed by atoms with Crippen LogP contribution < -0.4 is 11.1 Å². The highest BCUT2D eigenvalue weighted by Crippen LogP contribution is 2.32. The number of carbonyl (C=O) groups is 1. The van der Waals surface area contributed by atoms with Crippen molar-refractivity contribution in [2.24, 2.45) is 11.1 Å². The number of amides is 1. The van der Waals surface area contributed by atoms with Crippen molar-refractivity contribution in [2.75, 3.05) is 5.32 Å². The van der Waals surface area contributed by atoms with Crippen LogP contribution in [0.1, 0.15) is 39.5 Å². The number of thiocarbonyl (C=S) groups is 1. The van der Waals surface area contributed by atoms with Gasteiger partial charge in [-0.15, -0.1) is 0 Å². The van der Waals surface area contributed by atoms with Crippen molar-refractivity contribution >= 4 is 51.4 Å². The second-order valence-corrected chi connectivity index (χ2v) is 6.60. The molecule has 0 heterocycles. The van der Waals surface area contributed by atoms with Crippen LogP contribution in [0.5, 0.6) is 0 Å². The van der Waals surface area contributed by atoms with Crippen LogP contribution in [0.3, 0.4) is 0 Å². The summed E-state index contributed by atoms with van der Waals surface area (Å²) in [7, 11) is 0. The van der Waals surface area contributed by atoms with Gasteiger partial charge in [0.15, 0.2) is 0 Å². The molecule has 5 heteroatoms. The van der Waals surface area contributed by atoms with Crippen molar-refractivity contribution < 1.29 is 4.79 Å². The molecule has 0 saturated heterocycles. The number of carbonyl (C=O) groups excluding carboxylic acids is 1. The maximum absolute atomic E-state index is 12.7. The number of anilines is 1. The van der Waals surface area contributed by atoms with Crippen LogP contribution in [0, 0.1) is 8.99 Å². The average Bonchev–Trinajstić information content (AvgIpc) is 2.37. The molecule has 1 rings (SSSR count). The molecule has 3 nitrogen and oxygen atoms in total. The minimum atomic E-state index is -0.736. The Balaban J connectivity index is 3.01. The van der Waals surface area contributed by atoms with Crippen LogP contribution in [-0.2, 0) is 4.79 Å². The van der Waals surface area contributed by atoms with Gasteiger partial charge in [0.25, 0.3) is 0 Å². The summed E-state index contributed by atoms with van der Waals surface area (Å²) in [5.74, 6) is -0.0873. The molecule has 0 unspecified atom stereocenters. The van der Waals surface area contributed by atoms with E-state index in [-0.39, 0.29) is 5.91 Å². The van der Waals surface area contributed by atoms with E-state index in [0.717, 1.165) is 22.1 Å². The van der Waals surface area contributed by atoms with E-state index >= 15 is 0 Å². The Kier molecular flexibility index (Phi) is 6.88. The SMILES string of the molecule is CCCC(CCC)(C(=O)Nc1cccc(I)c1)C(N)=S. The maximum atomic E-state index is 12.7. The molecule has 110 valence electrons. The quantitative estimate of drug-likeness (QED) is 0.532. The van der Waals surface area contributed by atoms with Gasteiger partial charge in [0, 0.05) is 9.26 Å². The number of halogens is 1. The van der Waals surface area contributed by atoms with Gasteiger partial charge in [0.2, 0.25) is 5.91 Å². The van der Waals surface area contributed by atoms with E-state index in [1.165, 1.54) is 0 Å². The number of rotatable bonds is 7. The predicted octanol–water partition coefficient (Wildman–Crippen LogP) is 4.10. The smallest absolute Gasteiger partial charge is 0.237 e. The summed E-state index contributed by atoms with van der Waals surface area (Å²) >= 11 is 7.41. The minimum Gasteiger partial charge on any atom is -0.392 e. The van der Waals surface area contributed by atoms with Gasteiger partial charge in [-0.1, -0.05) is 45.0 Å². The van der Waals surface area contributed by atoms with Crippen molar-refractivity contribution in [1.29, 1.82) is 0 Å². The van der Waals surface area contributed by atoms with Gasteiger partial charge < -0.3 is 11.1 Å². The van der Waals surface area contributed by atoms with E-state index in [9.17, 15) is 4.79 Å². The summed E-state index contributed by atoms with van der Waals surface area (Å²) in [6.45, 7) is 4.09. The Hall–Kier alpha value is -0.690. The predicted molar refractivity (Wildman–Crippen MR) is 96.8 cm³/mol. The molecule has 1 aromatic carbocycles. The summed E-state index contributed by atoms with van der Waals surface area (Å²) in [6, 6.07) is 7.71. The summed E-state index contributed by atoms with van der Waals surface area (Å²) in [5.41, 5.74) is 5.95. The van der Waals surface area contributed by atoms with Crippen LogP contribution in [0.15, 0.2) is 24.3 Å². The Bertz CT molecular complexity index is 485. The van der Waals surface area contributed by atoms with Gasteiger partial charge in [-0.05, 0) is 53.6 Å². The Morgan fingerprint density at radius 1 is 1.35 bits per heavy atom. The van der Waals surface area contributed by atoms with E-state index in [0.29, 0.717) is 17.8 Å². The maximum Gasteiger partial charge on any atom is 0.237 e. The molecule has 1 aromatic rings. The molecule has 0 aromatic heterocycles. The highest BCUT2D eigenvalue weighted by molar-refractivity contribution is 14.1. The lowest BCUT2D eigenvalue weighted by atomic mass is 9.78. The number of hydrogen-bond acceptors (Lipinski definition) is 2. The fourth-order valence-electron chi connectivity index (χ4n) is 2.38. The molecule has 0 fully saturated rings. The van der Waals surface area contributed by atoms with Crippen molar-refractivity contribution in [2.45, 2.75) is 39.5 Å². The first-order valence-electron chi connectivity index (χ1n) is 6.83. The molecular weight excluding hydrogens is 383 g/mol. The van der Waals surface area contributed by atoms with Crippen molar-refractivity contribution in [3.05, 3.63) is 27.8 Å². The fourth-order valence-corrected chi connectivity index (χ4v) is 3.22. The van der Waals surface area contributed by atoms with E-state index in [1.54, 1.807) is 0 Å². The van der Waals surface area contributed by atoms with E-state index < -0.39 is 5.41 Å². The van der Waals surface area contributed by atoms with Crippen LogP contribution in [-0.4, -0.2) is 10.9 Å².